The minimum atomic E-state index is -0.823. The molecule has 1 aromatic carbocycles. The number of carbonyl (C=O) groups is 1. The van der Waals surface area contributed by atoms with Gasteiger partial charge in [0, 0.05) is 61.1 Å². The van der Waals surface area contributed by atoms with Gasteiger partial charge in [-0.05, 0) is 61.3 Å². The van der Waals surface area contributed by atoms with Crippen LogP contribution in [-0.2, 0) is 24.2 Å². The third kappa shape index (κ3) is 4.87. The lowest BCUT2D eigenvalue weighted by Gasteiger charge is -2.40. The minimum absolute atomic E-state index is 0.0248. The second-order valence-corrected chi connectivity index (χ2v) is 12.0. The van der Waals surface area contributed by atoms with Crippen LogP contribution in [0.3, 0.4) is 0 Å². The van der Waals surface area contributed by atoms with E-state index >= 15 is 0 Å². The van der Waals surface area contributed by atoms with Crippen molar-refractivity contribution in [2.45, 2.75) is 59.9 Å². The van der Waals surface area contributed by atoms with Gasteiger partial charge in [0.1, 0.15) is 12.1 Å². The highest BCUT2D eigenvalue weighted by Crippen LogP contribution is 2.42. The molecule has 3 aromatic heterocycles. The fourth-order valence-electron chi connectivity index (χ4n) is 6.30. The van der Waals surface area contributed by atoms with E-state index in [-0.39, 0.29) is 6.42 Å². The molecule has 0 amide bonds. The van der Waals surface area contributed by atoms with Gasteiger partial charge in [0.2, 0.25) is 0 Å². The number of aromatic nitrogens is 4. The molecule has 0 aliphatic carbocycles. The summed E-state index contributed by atoms with van der Waals surface area (Å²) in [6.45, 7) is 12.1. The number of aliphatic carboxylic acids is 1. The molecule has 6 rings (SSSR count). The molecule has 0 saturated carbocycles. The van der Waals surface area contributed by atoms with Crippen LogP contribution in [0.1, 0.15) is 54.8 Å². The molecular formula is C32H36N6O2. The van der Waals surface area contributed by atoms with Crippen molar-refractivity contribution in [3.8, 4) is 11.1 Å². The molecule has 206 valence electrons. The van der Waals surface area contributed by atoms with E-state index in [0.29, 0.717) is 5.41 Å². The Hall–Kier alpha value is -4.07. The van der Waals surface area contributed by atoms with Crippen molar-refractivity contribution in [3.05, 3.63) is 71.1 Å². The lowest BCUT2D eigenvalue weighted by molar-refractivity contribution is -0.136. The van der Waals surface area contributed by atoms with Crippen molar-refractivity contribution >= 4 is 28.4 Å². The van der Waals surface area contributed by atoms with Crippen molar-refractivity contribution in [1.29, 1.82) is 0 Å². The third-order valence-corrected chi connectivity index (χ3v) is 8.64. The van der Waals surface area contributed by atoms with Crippen molar-refractivity contribution in [2.75, 3.05) is 29.4 Å². The topological polar surface area (TPSA) is 95.3 Å². The summed E-state index contributed by atoms with van der Waals surface area (Å²) < 4.78 is 0. The number of carboxylic acids is 1. The van der Waals surface area contributed by atoms with E-state index in [1.165, 1.54) is 11.1 Å². The predicted molar refractivity (Wildman–Crippen MR) is 158 cm³/mol. The Morgan fingerprint density at radius 3 is 2.58 bits per heavy atom. The summed E-state index contributed by atoms with van der Waals surface area (Å²) >= 11 is 0. The fourth-order valence-corrected chi connectivity index (χ4v) is 6.30. The second-order valence-electron chi connectivity index (χ2n) is 12.0. The molecule has 5 heterocycles. The van der Waals surface area contributed by atoms with Gasteiger partial charge in [0.15, 0.2) is 0 Å². The lowest BCUT2D eigenvalue weighted by Crippen LogP contribution is -2.38. The van der Waals surface area contributed by atoms with E-state index < -0.39 is 5.97 Å². The zero-order valence-corrected chi connectivity index (χ0v) is 23.7. The number of pyridine rings is 2. The van der Waals surface area contributed by atoms with Gasteiger partial charge >= 0.3 is 5.97 Å². The molecule has 1 N–H and O–H groups in total. The van der Waals surface area contributed by atoms with Gasteiger partial charge in [-0.15, -0.1) is 0 Å². The first-order chi connectivity index (χ1) is 19.2. The van der Waals surface area contributed by atoms with Crippen molar-refractivity contribution in [3.63, 3.8) is 0 Å². The van der Waals surface area contributed by atoms with Gasteiger partial charge in [0.25, 0.3) is 0 Å². The normalized spacial score (nSPS) is 16.7. The molecule has 0 radical (unpaired) electrons. The van der Waals surface area contributed by atoms with Gasteiger partial charge in [0.05, 0.1) is 23.0 Å². The highest BCUT2D eigenvalue weighted by Gasteiger charge is 2.30. The third-order valence-electron chi connectivity index (χ3n) is 8.64. The quantitative estimate of drug-likeness (QED) is 0.356. The van der Waals surface area contributed by atoms with E-state index in [2.05, 4.69) is 63.7 Å². The number of hydrogen-bond donors (Lipinski definition) is 1. The molecule has 0 unspecified atom stereocenters. The van der Waals surface area contributed by atoms with Gasteiger partial charge in [-0.3, -0.25) is 9.78 Å². The maximum atomic E-state index is 11.9. The molecule has 8 nitrogen and oxygen atoms in total. The molecule has 2 aliphatic rings. The SMILES string of the molecule is Cc1nc(C)c(-c2ccc3c(c2)CCN(c2nccc4ncncc24)C3)c(N2CCC(C)(C)CC2)c1CC(=O)O. The van der Waals surface area contributed by atoms with Gasteiger partial charge in [-0.1, -0.05) is 32.0 Å². The molecule has 1 fully saturated rings. The number of aryl methyl sites for hydroxylation is 2. The zero-order valence-electron chi connectivity index (χ0n) is 23.7. The molecule has 8 heteroatoms. The van der Waals surface area contributed by atoms with Crippen LogP contribution in [0, 0.1) is 19.3 Å². The Bertz CT molecular complexity index is 1600. The smallest absolute Gasteiger partial charge is 0.307 e. The van der Waals surface area contributed by atoms with Crippen LogP contribution in [0.5, 0.6) is 0 Å². The van der Waals surface area contributed by atoms with E-state index in [4.69, 9.17) is 4.98 Å². The van der Waals surface area contributed by atoms with Gasteiger partial charge in [-0.25, -0.2) is 15.0 Å². The molecule has 2 aliphatic heterocycles. The fraction of sp³-hybridized carbons (Fsp3) is 0.406. The number of nitrogens with zero attached hydrogens (tertiary/aromatic N) is 6. The first-order valence-corrected chi connectivity index (χ1v) is 14.1. The lowest BCUT2D eigenvalue weighted by atomic mass is 9.82. The molecule has 1 saturated heterocycles. The average Bonchev–Trinajstić information content (AvgIpc) is 2.93. The number of rotatable bonds is 5. The Morgan fingerprint density at radius 2 is 1.80 bits per heavy atom. The second kappa shape index (κ2) is 10.2. The number of piperidine rings is 1. The van der Waals surface area contributed by atoms with E-state index in [9.17, 15) is 9.90 Å². The molecule has 0 bridgehead atoms. The maximum Gasteiger partial charge on any atom is 0.307 e. The van der Waals surface area contributed by atoms with Gasteiger partial charge in [-0.2, -0.15) is 0 Å². The Balaban J connectivity index is 1.39. The first kappa shape index (κ1) is 26.2. The van der Waals surface area contributed by atoms with Crippen LogP contribution in [0.4, 0.5) is 11.5 Å². The van der Waals surface area contributed by atoms with Crippen LogP contribution in [-0.4, -0.2) is 50.6 Å². The molecule has 0 spiro atoms. The Labute approximate surface area is 235 Å². The summed E-state index contributed by atoms with van der Waals surface area (Å²) in [5, 5.41) is 10.8. The summed E-state index contributed by atoms with van der Waals surface area (Å²) in [6.07, 6.45) is 8.25. The number of benzene rings is 1. The average molecular weight is 537 g/mol. The number of anilines is 2. The first-order valence-electron chi connectivity index (χ1n) is 14.1. The van der Waals surface area contributed by atoms with E-state index in [1.54, 1.807) is 6.33 Å². The molecule has 40 heavy (non-hydrogen) atoms. The van der Waals surface area contributed by atoms with E-state index in [0.717, 1.165) is 95.9 Å². The van der Waals surface area contributed by atoms with Crippen molar-refractivity contribution < 1.29 is 9.90 Å². The summed E-state index contributed by atoms with van der Waals surface area (Å²) in [4.78, 5) is 34.8. The standard InChI is InChI=1S/C32H36N6O2/c1-20-25(16-28(39)40)30(37-13-9-32(3,4)10-14-37)29(21(2)36-20)23-5-6-24-18-38(12-8-22(24)15-23)31-26-17-33-19-35-27(26)7-11-34-31/h5-7,11,15,17,19H,8-10,12-14,16,18H2,1-4H3,(H,39,40). The zero-order chi connectivity index (χ0) is 28.0. The highest BCUT2D eigenvalue weighted by molar-refractivity contribution is 5.89. The van der Waals surface area contributed by atoms with Crippen LogP contribution >= 0.6 is 0 Å². The predicted octanol–water partition coefficient (Wildman–Crippen LogP) is 5.52. The molecule has 4 aromatic rings. The van der Waals surface area contributed by atoms with E-state index in [1.807, 2.05) is 25.4 Å². The molecule has 0 atom stereocenters. The highest BCUT2D eigenvalue weighted by atomic mass is 16.4. The number of hydrogen-bond acceptors (Lipinski definition) is 7. The number of fused-ring (bicyclic) bond motifs is 2. The minimum Gasteiger partial charge on any atom is -0.481 e. The van der Waals surface area contributed by atoms with Crippen LogP contribution in [0.2, 0.25) is 0 Å². The molecular weight excluding hydrogens is 500 g/mol. The van der Waals surface area contributed by atoms with Crippen LogP contribution in [0.15, 0.2) is 43.0 Å². The van der Waals surface area contributed by atoms with Crippen LogP contribution in [0.25, 0.3) is 22.0 Å². The van der Waals surface area contributed by atoms with Crippen molar-refractivity contribution in [2.24, 2.45) is 5.41 Å². The number of carboxylic acid groups (broad SMARTS) is 1. The van der Waals surface area contributed by atoms with Crippen LogP contribution < -0.4 is 9.80 Å². The van der Waals surface area contributed by atoms with Crippen molar-refractivity contribution in [1.82, 2.24) is 19.9 Å². The summed E-state index contributed by atoms with van der Waals surface area (Å²) in [7, 11) is 0. The summed E-state index contributed by atoms with van der Waals surface area (Å²) in [6, 6.07) is 8.62. The van der Waals surface area contributed by atoms with Gasteiger partial charge < -0.3 is 14.9 Å². The summed E-state index contributed by atoms with van der Waals surface area (Å²) in [5.41, 5.74) is 9.61. The monoisotopic (exact) mass is 536 g/mol. The maximum absolute atomic E-state index is 11.9. The summed E-state index contributed by atoms with van der Waals surface area (Å²) in [5.74, 6) is 0.0938. The largest absolute Gasteiger partial charge is 0.481 e. The Kier molecular flexibility index (Phi) is 6.64. The Morgan fingerprint density at radius 1 is 1.00 bits per heavy atom.